The van der Waals surface area contributed by atoms with Gasteiger partial charge in [-0.25, -0.2) is 4.98 Å². The molecule has 0 saturated heterocycles. The minimum atomic E-state index is 0.861. The second-order valence-electron chi connectivity index (χ2n) is 3.22. The number of aromatic nitrogens is 2. The summed E-state index contributed by atoms with van der Waals surface area (Å²) in [6.07, 6.45) is 0. The van der Waals surface area contributed by atoms with Crippen LogP contribution in [0.15, 0.2) is 17.5 Å². The summed E-state index contributed by atoms with van der Waals surface area (Å²) in [5.41, 5.74) is 0. The van der Waals surface area contributed by atoms with E-state index in [4.69, 9.17) is 0 Å². The van der Waals surface area contributed by atoms with E-state index in [2.05, 4.69) is 38.7 Å². The third kappa shape index (κ3) is 2.54. The molecule has 2 rings (SSSR count). The molecule has 0 saturated carbocycles. The van der Waals surface area contributed by atoms with E-state index in [-0.39, 0.29) is 0 Å². The monoisotopic (exact) mass is 239 g/mol. The van der Waals surface area contributed by atoms with Crippen molar-refractivity contribution < 1.29 is 0 Å². The molecular formula is C10H13N3S2. The summed E-state index contributed by atoms with van der Waals surface area (Å²) in [5.74, 6) is 0.861. The number of thiophene rings is 1. The summed E-state index contributed by atoms with van der Waals surface area (Å²) in [6.45, 7) is 5.97. The highest BCUT2D eigenvalue weighted by atomic mass is 32.1. The Morgan fingerprint density at radius 1 is 1.47 bits per heavy atom. The first kappa shape index (κ1) is 10.6. The fourth-order valence-corrected chi connectivity index (χ4v) is 2.78. The number of rotatable bonds is 4. The summed E-state index contributed by atoms with van der Waals surface area (Å²) in [4.78, 5) is 8.01. The molecule has 2 aromatic rings. The number of aryl methyl sites for hydroxylation is 1. The normalized spacial score (nSPS) is 10.5. The van der Waals surface area contributed by atoms with Crippen LogP contribution in [0.1, 0.15) is 17.6 Å². The second kappa shape index (κ2) is 4.72. The molecule has 0 unspecified atom stereocenters. The lowest BCUT2D eigenvalue weighted by molar-refractivity contribution is 0.834. The van der Waals surface area contributed by atoms with E-state index in [1.165, 1.54) is 16.4 Å². The van der Waals surface area contributed by atoms with Crippen molar-refractivity contribution in [2.75, 3.05) is 11.4 Å². The maximum Gasteiger partial charge on any atom is 0.205 e. The van der Waals surface area contributed by atoms with Gasteiger partial charge in [0.15, 0.2) is 0 Å². The Morgan fingerprint density at radius 3 is 2.87 bits per heavy atom. The molecule has 0 atom stereocenters. The van der Waals surface area contributed by atoms with Gasteiger partial charge in [0.2, 0.25) is 5.13 Å². The molecule has 80 valence electrons. The summed E-state index contributed by atoms with van der Waals surface area (Å²) in [7, 11) is 0. The Hall–Kier alpha value is -0.940. The van der Waals surface area contributed by atoms with Gasteiger partial charge in [-0.2, -0.15) is 4.37 Å². The molecule has 0 aliphatic heterocycles. The summed E-state index contributed by atoms with van der Waals surface area (Å²) in [5, 5.41) is 3.12. The predicted octanol–water partition coefficient (Wildman–Crippen LogP) is 2.93. The van der Waals surface area contributed by atoms with Crippen molar-refractivity contribution in [3.63, 3.8) is 0 Å². The van der Waals surface area contributed by atoms with Gasteiger partial charge < -0.3 is 4.90 Å². The molecule has 0 spiro atoms. The number of anilines is 1. The smallest absolute Gasteiger partial charge is 0.205 e. The van der Waals surface area contributed by atoms with Crippen LogP contribution in [0.4, 0.5) is 5.13 Å². The average Bonchev–Trinajstić information content (AvgIpc) is 2.85. The molecule has 2 aromatic heterocycles. The van der Waals surface area contributed by atoms with Crippen LogP contribution in [-0.4, -0.2) is 15.9 Å². The maximum atomic E-state index is 4.40. The molecule has 15 heavy (non-hydrogen) atoms. The van der Waals surface area contributed by atoms with Gasteiger partial charge in [-0.3, -0.25) is 0 Å². The van der Waals surface area contributed by atoms with Crippen LogP contribution in [-0.2, 0) is 6.54 Å². The average molecular weight is 239 g/mol. The first-order valence-electron chi connectivity index (χ1n) is 4.87. The van der Waals surface area contributed by atoms with Crippen molar-refractivity contribution in [2.45, 2.75) is 20.4 Å². The number of hydrogen-bond donors (Lipinski definition) is 0. The van der Waals surface area contributed by atoms with Gasteiger partial charge >= 0.3 is 0 Å². The highest BCUT2D eigenvalue weighted by Crippen LogP contribution is 2.20. The largest absolute Gasteiger partial charge is 0.342 e. The van der Waals surface area contributed by atoms with Crippen LogP contribution in [0.5, 0.6) is 0 Å². The van der Waals surface area contributed by atoms with E-state index < -0.39 is 0 Å². The highest BCUT2D eigenvalue weighted by molar-refractivity contribution is 7.10. The van der Waals surface area contributed by atoms with Gasteiger partial charge in [-0.15, -0.1) is 11.3 Å². The predicted molar refractivity (Wildman–Crippen MR) is 65.7 cm³/mol. The van der Waals surface area contributed by atoms with Crippen molar-refractivity contribution in [3.05, 3.63) is 28.2 Å². The molecule has 0 fully saturated rings. The molecule has 0 aromatic carbocycles. The van der Waals surface area contributed by atoms with Crippen LogP contribution in [0.2, 0.25) is 0 Å². The van der Waals surface area contributed by atoms with Gasteiger partial charge in [0.05, 0.1) is 6.54 Å². The minimum Gasteiger partial charge on any atom is -0.342 e. The lowest BCUT2D eigenvalue weighted by Gasteiger charge is -2.17. The Kier molecular flexibility index (Phi) is 3.33. The SMILES string of the molecule is CCN(Cc1cccs1)c1nc(C)ns1. The molecule has 0 aliphatic carbocycles. The van der Waals surface area contributed by atoms with E-state index >= 15 is 0 Å². The molecule has 0 radical (unpaired) electrons. The van der Waals surface area contributed by atoms with E-state index in [1.807, 2.05) is 6.92 Å². The first-order valence-corrected chi connectivity index (χ1v) is 6.52. The highest BCUT2D eigenvalue weighted by Gasteiger charge is 2.10. The third-order valence-corrected chi connectivity index (χ3v) is 3.83. The zero-order valence-electron chi connectivity index (χ0n) is 8.80. The molecule has 3 nitrogen and oxygen atoms in total. The van der Waals surface area contributed by atoms with Crippen molar-refractivity contribution in [3.8, 4) is 0 Å². The van der Waals surface area contributed by atoms with E-state index in [1.54, 1.807) is 11.3 Å². The van der Waals surface area contributed by atoms with E-state index in [9.17, 15) is 0 Å². The summed E-state index contributed by atoms with van der Waals surface area (Å²) >= 11 is 3.26. The lowest BCUT2D eigenvalue weighted by Crippen LogP contribution is -2.21. The quantitative estimate of drug-likeness (QED) is 0.821. The number of nitrogens with zero attached hydrogens (tertiary/aromatic N) is 3. The molecule has 0 aliphatic rings. The van der Waals surface area contributed by atoms with Crippen molar-refractivity contribution >= 4 is 28.0 Å². The standard InChI is InChI=1S/C10H13N3S2/c1-3-13(7-9-5-4-6-14-9)10-11-8(2)12-15-10/h4-6H,3,7H2,1-2H3. The van der Waals surface area contributed by atoms with Crippen LogP contribution >= 0.6 is 22.9 Å². The molecule has 5 heteroatoms. The number of hydrogen-bond acceptors (Lipinski definition) is 5. The van der Waals surface area contributed by atoms with E-state index in [0.717, 1.165) is 24.0 Å². The van der Waals surface area contributed by atoms with Crippen molar-refractivity contribution in [1.82, 2.24) is 9.36 Å². The summed E-state index contributed by atoms with van der Waals surface area (Å²) < 4.78 is 4.21. The Morgan fingerprint density at radius 2 is 2.33 bits per heavy atom. The van der Waals surface area contributed by atoms with Gasteiger partial charge in [0.1, 0.15) is 5.82 Å². The Labute approximate surface area is 97.6 Å². The topological polar surface area (TPSA) is 29.0 Å². The Bertz CT molecular complexity index is 408. The van der Waals surface area contributed by atoms with Gasteiger partial charge in [0.25, 0.3) is 0 Å². The Balaban J connectivity index is 2.11. The lowest BCUT2D eigenvalue weighted by atomic mass is 10.4. The third-order valence-electron chi connectivity index (χ3n) is 2.10. The molecule has 0 N–H and O–H groups in total. The van der Waals surface area contributed by atoms with Crippen LogP contribution in [0.25, 0.3) is 0 Å². The molecule has 0 bridgehead atoms. The van der Waals surface area contributed by atoms with Crippen molar-refractivity contribution in [1.29, 1.82) is 0 Å². The van der Waals surface area contributed by atoms with E-state index in [0.29, 0.717) is 0 Å². The first-order chi connectivity index (χ1) is 7.29. The molecule has 0 amide bonds. The van der Waals surface area contributed by atoms with Gasteiger partial charge in [-0.1, -0.05) is 6.07 Å². The minimum absolute atomic E-state index is 0.861. The fraction of sp³-hybridized carbons (Fsp3) is 0.400. The van der Waals surface area contributed by atoms with Crippen LogP contribution in [0, 0.1) is 6.92 Å². The van der Waals surface area contributed by atoms with Crippen LogP contribution in [0.3, 0.4) is 0 Å². The fourth-order valence-electron chi connectivity index (χ4n) is 1.32. The zero-order valence-corrected chi connectivity index (χ0v) is 10.4. The van der Waals surface area contributed by atoms with Crippen molar-refractivity contribution in [2.24, 2.45) is 0 Å². The van der Waals surface area contributed by atoms with Gasteiger partial charge in [0, 0.05) is 23.0 Å². The molecule has 2 heterocycles. The maximum absolute atomic E-state index is 4.40. The van der Waals surface area contributed by atoms with Crippen LogP contribution < -0.4 is 4.90 Å². The van der Waals surface area contributed by atoms with Gasteiger partial charge in [-0.05, 0) is 25.3 Å². The zero-order chi connectivity index (χ0) is 10.7. The summed E-state index contributed by atoms with van der Waals surface area (Å²) in [6, 6.07) is 4.24. The molecular weight excluding hydrogens is 226 g/mol. The second-order valence-corrected chi connectivity index (χ2v) is 4.98.